The van der Waals surface area contributed by atoms with E-state index in [1.54, 1.807) is 13.0 Å². The van der Waals surface area contributed by atoms with Crippen molar-refractivity contribution in [3.63, 3.8) is 0 Å². The second-order valence-corrected chi connectivity index (χ2v) is 7.03. The van der Waals surface area contributed by atoms with Crippen LogP contribution < -0.4 is 15.8 Å². The van der Waals surface area contributed by atoms with Crippen molar-refractivity contribution in [3.8, 4) is 17.0 Å². The van der Waals surface area contributed by atoms with Gasteiger partial charge in [-0.1, -0.05) is 5.57 Å². The molecule has 0 aliphatic carbocycles. The molecule has 156 valence electrons. The minimum atomic E-state index is -2.77. The summed E-state index contributed by atoms with van der Waals surface area (Å²) in [6.07, 6.45) is -0.311. The van der Waals surface area contributed by atoms with Gasteiger partial charge in [0.05, 0.1) is 30.1 Å². The van der Waals surface area contributed by atoms with Crippen molar-refractivity contribution in [2.45, 2.75) is 32.2 Å². The molecule has 29 heavy (non-hydrogen) atoms. The second kappa shape index (κ2) is 9.42. The molecule has 1 amide bonds. The molecule has 0 fully saturated rings. The van der Waals surface area contributed by atoms with Gasteiger partial charge in [0.1, 0.15) is 18.2 Å². The number of nitrogens with zero attached hydrogens (tertiary/aromatic N) is 2. The van der Waals surface area contributed by atoms with Crippen LogP contribution in [0.1, 0.15) is 32.3 Å². The van der Waals surface area contributed by atoms with Gasteiger partial charge in [-0.05, 0) is 38.5 Å². The maximum Gasteiger partial charge on any atom is 0.412 e. The van der Waals surface area contributed by atoms with Gasteiger partial charge >= 0.3 is 6.09 Å². The van der Waals surface area contributed by atoms with E-state index in [-0.39, 0.29) is 29.4 Å². The molecule has 2 rings (SSSR count). The Morgan fingerprint density at radius 3 is 2.72 bits per heavy atom. The predicted octanol–water partition coefficient (Wildman–Crippen LogP) is 4.32. The summed E-state index contributed by atoms with van der Waals surface area (Å²) >= 11 is 0. The summed E-state index contributed by atoms with van der Waals surface area (Å²) in [6, 6.07) is 4.33. The minimum Gasteiger partial charge on any atom is -0.490 e. The molecule has 0 aromatic carbocycles. The third-order valence-corrected chi connectivity index (χ3v) is 3.87. The number of carbonyl (C=O) groups excluding carboxylic acids is 1. The van der Waals surface area contributed by atoms with Crippen LogP contribution in [0.15, 0.2) is 42.7 Å². The number of pyridine rings is 2. The summed E-state index contributed by atoms with van der Waals surface area (Å²) in [6.45, 7) is 7.44. The first kappa shape index (κ1) is 22.2. The monoisotopic (exact) mass is 406 g/mol. The highest BCUT2D eigenvalue weighted by atomic mass is 19.3. The average Bonchev–Trinajstić information content (AvgIpc) is 2.65. The van der Waals surface area contributed by atoms with E-state index in [0.717, 1.165) is 5.57 Å². The molecule has 1 unspecified atom stereocenters. The Labute approximate surface area is 167 Å². The normalized spacial score (nSPS) is 12.9. The van der Waals surface area contributed by atoms with Gasteiger partial charge in [0, 0.05) is 11.8 Å². The number of methoxy groups -OCH3 is 1. The predicted molar refractivity (Wildman–Crippen MR) is 106 cm³/mol. The van der Waals surface area contributed by atoms with E-state index in [4.69, 9.17) is 10.5 Å². The molecule has 9 heteroatoms. The fraction of sp³-hybridized carbons (Fsp3) is 0.350. The van der Waals surface area contributed by atoms with Gasteiger partial charge in [0.2, 0.25) is 0 Å². The van der Waals surface area contributed by atoms with E-state index in [0.29, 0.717) is 12.0 Å². The first-order valence-corrected chi connectivity index (χ1v) is 8.77. The number of alkyl halides is 2. The third kappa shape index (κ3) is 6.49. The van der Waals surface area contributed by atoms with E-state index < -0.39 is 18.1 Å². The fourth-order valence-electron chi connectivity index (χ4n) is 2.70. The standard InChI is InChI=1S/C20H24F2N4O3/c1-12(2)9-20(3,23)11-29-16-10-25-15(8-14(16)18(21)22)13-5-6-24-17(7-13)26-19(27)28-4/h5-8,10,18H,1,9,11,23H2,2-4H3,(H,24,26,27). The van der Waals surface area contributed by atoms with Gasteiger partial charge in [0.15, 0.2) is 0 Å². The molecule has 0 aliphatic heterocycles. The molecular formula is C20H24F2N4O3. The summed E-state index contributed by atoms with van der Waals surface area (Å²) < 4.78 is 37.3. The number of nitrogens with one attached hydrogen (secondary N) is 1. The van der Waals surface area contributed by atoms with Crippen LogP contribution in [0.2, 0.25) is 0 Å². The quantitative estimate of drug-likeness (QED) is 0.634. The Balaban J connectivity index is 2.27. The molecule has 0 saturated heterocycles. The number of amides is 1. The molecule has 0 bridgehead atoms. The summed E-state index contributed by atoms with van der Waals surface area (Å²) in [5, 5.41) is 2.41. The highest BCUT2D eigenvalue weighted by Crippen LogP contribution is 2.32. The Morgan fingerprint density at radius 1 is 1.38 bits per heavy atom. The van der Waals surface area contributed by atoms with Gasteiger partial charge in [0.25, 0.3) is 6.43 Å². The van der Waals surface area contributed by atoms with Crippen LogP contribution in [-0.2, 0) is 4.74 Å². The van der Waals surface area contributed by atoms with Gasteiger partial charge in [-0.3, -0.25) is 10.3 Å². The van der Waals surface area contributed by atoms with Crippen molar-refractivity contribution < 1.29 is 23.0 Å². The molecule has 0 radical (unpaired) electrons. The molecule has 0 saturated carbocycles. The number of anilines is 1. The highest BCUT2D eigenvalue weighted by molar-refractivity contribution is 5.84. The van der Waals surface area contributed by atoms with E-state index >= 15 is 0 Å². The fourth-order valence-corrected chi connectivity index (χ4v) is 2.70. The van der Waals surface area contributed by atoms with Crippen LogP contribution in [0, 0.1) is 0 Å². The number of halogens is 2. The zero-order chi connectivity index (χ0) is 21.6. The topological polar surface area (TPSA) is 99.4 Å². The van der Waals surface area contributed by atoms with Crippen molar-refractivity contribution in [1.82, 2.24) is 9.97 Å². The van der Waals surface area contributed by atoms with Crippen molar-refractivity contribution >= 4 is 11.9 Å². The lowest BCUT2D eigenvalue weighted by atomic mass is 9.96. The third-order valence-electron chi connectivity index (χ3n) is 3.87. The van der Waals surface area contributed by atoms with Crippen molar-refractivity contribution in [2.75, 3.05) is 19.0 Å². The van der Waals surface area contributed by atoms with Crippen LogP contribution in [0.25, 0.3) is 11.3 Å². The molecule has 2 aromatic rings. The van der Waals surface area contributed by atoms with Gasteiger partial charge < -0.3 is 15.2 Å². The largest absolute Gasteiger partial charge is 0.490 e. The molecule has 2 heterocycles. The zero-order valence-electron chi connectivity index (χ0n) is 16.5. The number of nitrogens with two attached hydrogens (primary N) is 1. The molecule has 0 spiro atoms. The van der Waals surface area contributed by atoms with E-state index in [2.05, 4.69) is 26.6 Å². The van der Waals surface area contributed by atoms with Crippen LogP contribution in [0.3, 0.4) is 0 Å². The first-order chi connectivity index (χ1) is 13.6. The number of ether oxygens (including phenoxy) is 2. The molecule has 0 aliphatic rings. The van der Waals surface area contributed by atoms with Gasteiger partial charge in [-0.15, -0.1) is 6.58 Å². The molecule has 3 N–H and O–H groups in total. The van der Waals surface area contributed by atoms with Crippen LogP contribution in [-0.4, -0.2) is 35.3 Å². The Bertz CT molecular complexity index is 888. The average molecular weight is 406 g/mol. The molecular weight excluding hydrogens is 382 g/mol. The summed E-state index contributed by atoms with van der Waals surface area (Å²) in [5.41, 5.74) is 6.72. The van der Waals surface area contributed by atoms with E-state index in [9.17, 15) is 13.6 Å². The Morgan fingerprint density at radius 2 is 2.10 bits per heavy atom. The van der Waals surface area contributed by atoms with Crippen LogP contribution in [0.5, 0.6) is 5.75 Å². The number of rotatable bonds is 8. The second-order valence-electron chi connectivity index (χ2n) is 7.03. The summed E-state index contributed by atoms with van der Waals surface area (Å²) in [7, 11) is 1.22. The lowest BCUT2D eigenvalue weighted by Crippen LogP contribution is -2.42. The SMILES string of the molecule is C=C(C)CC(C)(N)COc1cnc(-c2ccnc(NC(=O)OC)c2)cc1C(F)F. The van der Waals surface area contributed by atoms with Gasteiger partial charge in [-0.25, -0.2) is 18.6 Å². The minimum absolute atomic E-state index is 0.0308. The number of hydrogen-bond donors (Lipinski definition) is 2. The molecule has 1 atom stereocenters. The zero-order valence-corrected chi connectivity index (χ0v) is 16.5. The maximum atomic E-state index is 13.6. The van der Waals surface area contributed by atoms with Crippen LogP contribution in [0.4, 0.5) is 19.4 Å². The van der Waals surface area contributed by atoms with Crippen molar-refractivity contribution in [3.05, 3.63) is 48.3 Å². The molecule has 7 nitrogen and oxygen atoms in total. The lowest BCUT2D eigenvalue weighted by molar-refractivity contribution is 0.141. The Kier molecular flexibility index (Phi) is 7.22. The summed E-state index contributed by atoms with van der Waals surface area (Å²) in [4.78, 5) is 19.5. The Hall–Kier alpha value is -3.07. The first-order valence-electron chi connectivity index (χ1n) is 8.77. The highest BCUT2D eigenvalue weighted by Gasteiger charge is 2.23. The van der Waals surface area contributed by atoms with Crippen LogP contribution >= 0.6 is 0 Å². The summed E-state index contributed by atoms with van der Waals surface area (Å²) in [5.74, 6) is 0.165. The van der Waals surface area contributed by atoms with E-state index in [1.807, 2.05) is 6.92 Å². The number of aromatic nitrogens is 2. The smallest absolute Gasteiger partial charge is 0.412 e. The van der Waals surface area contributed by atoms with Crippen molar-refractivity contribution in [2.24, 2.45) is 5.73 Å². The number of carbonyl (C=O) groups is 1. The lowest BCUT2D eigenvalue weighted by Gasteiger charge is -2.25. The molecule has 2 aromatic heterocycles. The van der Waals surface area contributed by atoms with Gasteiger partial charge in [-0.2, -0.15) is 0 Å². The van der Waals surface area contributed by atoms with E-state index in [1.165, 1.54) is 31.6 Å². The maximum absolute atomic E-state index is 13.6. The van der Waals surface area contributed by atoms with Crippen molar-refractivity contribution in [1.29, 1.82) is 0 Å². The number of hydrogen-bond acceptors (Lipinski definition) is 6.